The third-order valence-corrected chi connectivity index (χ3v) is 3.52. The third kappa shape index (κ3) is 8.28. The van der Waals surface area contributed by atoms with Crippen LogP contribution in [0.1, 0.15) is 58.8 Å². The highest BCUT2D eigenvalue weighted by atomic mass is 16.7. The predicted octanol–water partition coefficient (Wildman–Crippen LogP) is 4.18. The van der Waals surface area contributed by atoms with E-state index in [4.69, 9.17) is 9.47 Å². The number of unbranched alkanes of at least 4 members (excludes halogenated alkanes) is 1. The molecule has 1 aliphatic rings. The lowest BCUT2D eigenvalue weighted by Gasteiger charge is -2.07. The van der Waals surface area contributed by atoms with Crippen molar-refractivity contribution in [1.29, 1.82) is 0 Å². The van der Waals surface area contributed by atoms with Crippen molar-refractivity contribution >= 4 is 6.29 Å². The second-order valence-electron chi connectivity index (χ2n) is 5.45. The van der Waals surface area contributed by atoms with Crippen molar-refractivity contribution in [2.45, 2.75) is 65.1 Å². The van der Waals surface area contributed by atoms with E-state index in [1.54, 1.807) is 0 Å². The van der Waals surface area contributed by atoms with Gasteiger partial charge in [-0.15, -0.1) is 0 Å². The molecule has 0 amide bonds. The Kier molecular flexibility index (Phi) is 9.25. The van der Waals surface area contributed by atoms with Crippen molar-refractivity contribution in [3.05, 3.63) is 23.3 Å². The molecule has 0 spiro atoms. The number of hydrogen-bond acceptors (Lipinski definition) is 3. The van der Waals surface area contributed by atoms with Gasteiger partial charge in [0.2, 0.25) is 0 Å². The molecule has 1 heterocycles. The molecule has 0 bridgehead atoms. The summed E-state index contributed by atoms with van der Waals surface area (Å²) in [6.45, 7) is 5.78. The van der Waals surface area contributed by atoms with Crippen LogP contribution in [0.25, 0.3) is 0 Å². The molecule has 1 fully saturated rings. The summed E-state index contributed by atoms with van der Waals surface area (Å²) in [5.41, 5.74) is 2.76. The standard InChI is InChI=1S/C17H28O3/c1-15(8-5-9-16(2)10-6-12-18)7-3-4-11-17-19-13-14-20-17/h7,9,12,17H,3-6,8,10-11,13-14H2,1-2H3. The van der Waals surface area contributed by atoms with Crippen molar-refractivity contribution in [2.75, 3.05) is 13.2 Å². The lowest BCUT2D eigenvalue weighted by molar-refractivity contribution is -0.107. The van der Waals surface area contributed by atoms with Gasteiger partial charge in [-0.3, -0.25) is 0 Å². The molecule has 1 rings (SSSR count). The quantitative estimate of drug-likeness (QED) is 0.342. The van der Waals surface area contributed by atoms with Crippen LogP contribution in [-0.2, 0) is 14.3 Å². The molecule has 0 aromatic rings. The normalized spacial score (nSPS) is 17.7. The second kappa shape index (κ2) is 10.8. The molecule has 0 aromatic heterocycles. The van der Waals surface area contributed by atoms with Gasteiger partial charge in [-0.2, -0.15) is 0 Å². The fraction of sp³-hybridized carbons (Fsp3) is 0.706. The van der Waals surface area contributed by atoms with E-state index in [0.29, 0.717) is 6.42 Å². The molecular weight excluding hydrogens is 252 g/mol. The molecule has 0 unspecified atom stereocenters. The van der Waals surface area contributed by atoms with Crippen LogP contribution in [0.5, 0.6) is 0 Å². The number of carbonyl (C=O) groups excluding carboxylic acids is 1. The fourth-order valence-electron chi connectivity index (χ4n) is 2.24. The zero-order valence-electron chi connectivity index (χ0n) is 12.9. The van der Waals surface area contributed by atoms with Crippen LogP contribution in [0.4, 0.5) is 0 Å². The summed E-state index contributed by atoms with van der Waals surface area (Å²) in [7, 11) is 0. The Balaban J connectivity index is 2.06. The van der Waals surface area contributed by atoms with Crippen LogP contribution in [0.2, 0.25) is 0 Å². The van der Waals surface area contributed by atoms with Crippen LogP contribution >= 0.6 is 0 Å². The van der Waals surface area contributed by atoms with Crippen molar-refractivity contribution in [3.8, 4) is 0 Å². The van der Waals surface area contributed by atoms with Gasteiger partial charge < -0.3 is 14.3 Å². The molecule has 1 saturated heterocycles. The topological polar surface area (TPSA) is 35.5 Å². The summed E-state index contributed by atoms with van der Waals surface area (Å²) < 4.78 is 10.8. The van der Waals surface area contributed by atoms with Crippen LogP contribution in [-0.4, -0.2) is 25.8 Å². The van der Waals surface area contributed by atoms with Crippen LogP contribution < -0.4 is 0 Å². The maximum Gasteiger partial charge on any atom is 0.157 e. The first-order valence-electron chi connectivity index (χ1n) is 7.70. The second-order valence-corrected chi connectivity index (χ2v) is 5.45. The molecule has 3 heteroatoms. The van der Waals surface area contributed by atoms with E-state index < -0.39 is 0 Å². The van der Waals surface area contributed by atoms with Gasteiger partial charge in [0.25, 0.3) is 0 Å². The maximum atomic E-state index is 10.3. The van der Waals surface area contributed by atoms with Gasteiger partial charge in [0.15, 0.2) is 6.29 Å². The number of carbonyl (C=O) groups is 1. The third-order valence-electron chi connectivity index (χ3n) is 3.52. The van der Waals surface area contributed by atoms with E-state index in [1.807, 2.05) is 0 Å². The molecule has 0 aliphatic carbocycles. The minimum Gasteiger partial charge on any atom is -0.350 e. The minimum absolute atomic E-state index is 0.0344. The van der Waals surface area contributed by atoms with E-state index in [-0.39, 0.29) is 6.29 Å². The summed E-state index contributed by atoms with van der Waals surface area (Å²) in [6.07, 6.45) is 12.5. The fourth-order valence-corrected chi connectivity index (χ4v) is 2.24. The molecule has 0 atom stereocenters. The maximum absolute atomic E-state index is 10.3. The van der Waals surface area contributed by atoms with Crippen molar-refractivity contribution in [2.24, 2.45) is 0 Å². The van der Waals surface area contributed by atoms with Gasteiger partial charge in [-0.05, 0) is 52.4 Å². The molecule has 1 aliphatic heterocycles. The van der Waals surface area contributed by atoms with Gasteiger partial charge in [-0.25, -0.2) is 0 Å². The van der Waals surface area contributed by atoms with Gasteiger partial charge >= 0.3 is 0 Å². The average molecular weight is 280 g/mol. The SMILES string of the molecule is CC(=CCCCC1OCCO1)CCC=C(C)CCC=O. The highest BCUT2D eigenvalue weighted by Gasteiger charge is 2.14. The molecule has 0 aromatic carbocycles. The number of ether oxygens (including phenoxy) is 2. The number of rotatable bonds is 10. The van der Waals surface area contributed by atoms with E-state index in [1.165, 1.54) is 11.1 Å². The Hall–Kier alpha value is -0.930. The summed E-state index contributed by atoms with van der Waals surface area (Å²) in [5.74, 6) is 0. The summed E-state index contributed by atoms with van der Waals surface area (Å²) in [6, 6.07) is 0. The summed E-state index contributed by atoms with van der Waals surface area (Å²) in [5, 5.41) is 0. The monoisotopic (exact) mass is 280 g/mol. The van der Waals surface area contributed by atoms with E-state index in [2.05, 4.69) is 26.0 Å². The highest BCUT2D eigenvalue weighted by molar-refractivity contribution is 5.49. The zero-order valence-corrected chi connectivity index (χ0v) is 12.9. The van der Waals surface area contributed by atoms with Gasteiger partial charge in [0, 0.05) is 6.42 Å². The van der Waals surface area contributed by atoms with Crippen molar-refractivity contribution in [3.63, 3.8) is 0 Å². The van der Waals surface area contributed by atoms with E-state index >= 15 is 0 Å². The van der Waals surface area contributed by atoms with Crippen molar-refractivity contribution < 1.29 is 14.3 Å². The minimum atomic E-state index is 0.0344. The van der Waals surface area contributed by atoms with E-state index in [0.717, 1.165) is 58.0 Å². The Labute approximate surface area is 123 Å². The number of allylic oxidation sites excluding steroid dienone is 4. The summed E-state index contributed by atoms with van der Waals surface area (Å²) >= 11 is 0. The van der Waals surface area contributed by atoms with Crippen LogP contribution in [0.3, 0.4) is 0 Å². The van der Waals surface area contributed by atoms with Crippen molar-refractivity contribution in [1.82, 2.24) is 0 Å². The first kappa shape index (κ1) is 17.1. The molecule has 0 N–H and O–H groups in total. The van der Waals surface area contributed by atoms with Crippen LogP contribution in [0, 0.1) is 0 Å². The Bertz CT molecular complexity index is 325. The smallest absolute Gasteiger partial charge is 0.157 e. The Morgan fingerprint density at radius 3 is 2.25 bits per heavy atom. The van der Waals surface area contributed by atoms with Gasteiger partial charge in [0.05, 0.1) is 13.2 Å². The Morgan fingerprint density at radius 1 is 1.00 bits per heavy atom. The lowest BCUT2D eigenvalue weighted by atomic mass is 10.1. The summed E-state index contributed by atoms with van der Waals surface area (Å²) in [4.78, 5) is 10.3. The number of hydrogen-bond donors (Lipinski definition) is 0. The van der Waals surface area contributed by atoms with E-state index in [9.17, 15) is 4.79 Å². The molecule has 0 saturated carbocycles. The highest BCUT2D eigenvalue weighted by Crippen LogP contribution is 2.14. The first-order valence-corrected chi connectivity index (χ1v) is 7.70. The first-order chi connectivity index (χ1) is 9.72. The molecular formula is C17H28O3. The molecule has 20 heavy (non-hydrogen) atoms. The Morgan fingerprint density at radius 2 is 1.60 bits per heavy atom. The van der Waals surface area contributed by atoms with Gasteiger partial charge in [-0.1, -0.05) is 23.3 Å². The number of aldehydes is 1. The predicted molar refractivity (Wildman–Crippen MR) is 81.6 cm³/mol. The molecule has 114 valence electrons. The average Bonchev–Trinajstić information content (AvgIpc) is 2.94. The largest absolute Gasteiger partial charge is 0.350 e. The lowest BCUT2D eigenvalue weighted by Crippen LogP contribution is -2.06. The zero-order chi connectivity index (χ0) is 14.6. The van der Waals surface area contributed by atoms with Gasteiger partial charge in [0.1, 0.15) is 6.29 Å². The molecule has 0 radical (unpaired) electrons. The molecule has 3 nitrogen and oxygen atoms in total. The van der Waals surface area contributed by atoms with Crippen LogP contribution in [0.15, 0.2) is 23.3 Å².